The molecule has 0 aliphatic carbocycles. The van der Waals surface area contributed by atoms with E-state index in [1.165, 1.54) is 24.3 Å². The maximum absolute atomic E-state index is 12.8. The minimum atomic E-state index is -0.333. The van der Waals surface area contributed by atoms with Crippen LogP contribution in [0.15, 0.2) is 54.7 Å². The summed E-state index contributed by atoms with van der Waals surface area (Å²) in [5.41, 5.74) is 1.51. The molecule has 1 aromatic heterocycles. The van der Waals surface area contributed by atoms with Crippen molar-refractivity contribution in [2.24, 2.45) is 0 Å². The third-order valence-electron chi connectivity index (χ3n) is 3.07. The molecule has 3 rings (SSSR count). The van der Waals surface area contributed by atoms with Crippen molar-refractivity contribution in [3.8, 4) is 5.75 Å². The number of benzene rings is 2. The molecule has 1 N–H and O–H groups in total. The fourth-order valence-electron chi connectivity index (χ4n) is 2.06. The van der Waals surface area contributed by atoms with E-state index in [-0.39, 0.29) is 18.2 Å². The number of ketones is 1. The van der Waals surface area contributed by atoms with Crippen molar-refractivity contribution in [2.45, 2.75) is 0 Å². The topological polar surface area (TPSA) is 42.1 Å². The van der Waals surface area contributed by atoms with E-state index in [2.05, 4.69) is 4.98 Å². The number of H-pyrrole nitrogens is 1. The van der Waals surface area contributed by atoms with Crippen LogP contribution in [-0.2, 0) is 0 Å². The Hall–Kier alpha value is -2.62. The van der Waals surface area contributed by atoms with Crippen LogP contribution in [0, 0.1) is 5.82 Å². The average Bonchev–Trinajstić information content (AvgIpc) is 2.90. The van der Waals surface area contributed by atoms with Crippen LogP contribution in [-0.4, -0.2) is 17.4 Å². The SMILES string of the molecule is O=C(COc1ccc(F)cc1)c1c[nH]c2ccccc12. The summed E-state index contributed by atoms with van der Waals surface area (Å²) in [5.74, 6) is 0.0201. The van der Waals surface area contributed by atoms with Crippen LogP contribution in [0.1, 0.15) is 10.4 Å². The summed E-state index contributed by atoms with van der Waals surface area (Å²) in [6, 6.07) is 13.2. The zero-order valence-electron chi connectivity index (χ0n) is 10.6. The molecule has 0 bridgehead atoms. The molecule has 100 valence electrons. The maximum Gasteiger partial charge on any atom is 0.202 e. The van der Waals surface area contributed by atoms with Crippen molar-refractivity contribution in [3.63, 3.8) is 0 Å². The number of ether oxygens (including phenoxy) is 1. The first-order valence-corrected chi connectivity index (χ1v) is 6.22. The molecule has 4 heteroatoms. The van der Waals surface area contributed by atoms with Crippen LogP contribution in [0.4, 0.5) is 4.39 Å². The summed E-state index contributed by atoms with van der Waals surface area (Å²) >= 11 is 0. The highest BCUT2D eigenvalue weighted by atomic mass is 19.1. The summed E-state index contributed by atoms with van der Waals surface area (Å²) < 4.78 is 18.1. The van der Waals surface area contributed by atoms with Gasteiger partial charge in [-0.25, -0.2) is 4.39 Å². The molecule has 0 aliphatic heterocycles. The Labute approximate surface area is 115 Å². The van der Waals surface area contributed by atoms with Crippen LogP contribution in [0.5, 0.6) is 5.75 Å². The first-order valence-electron chi connectivity index (χ1n) is 6.22. The number of nitrogens with one attached hydrogen (secondary N) is 1. The van der Waals surface area contributed by atoms with Crippen molar-refractivity contribution in [1.29, 1.82) is 0 Å². The number of halogens is 1. The van der Waals surface area contributed by atoms with Crippen molar-refractivity contribution < 1.29 is 13.9 Å². The summed E-state index contributed by atoms with van der Waals surface area (Å²) in [6.45, 7) is -0.0759. The minimum Gasteiger partial charge on any atom is -0.485 e. The molecule has 0 atom stereocenters. The van der Waals surface area contributed by atoms with E-state index in [0.29, 0.717) is 11.3 Å². The van der Waals surface area contributed by atoms with Gasteiger partial charge in [0.15, 0.2) is 6.61 Å². The number of aromatic nitrogens is 1. The fraction of sp³-hybridized carbons (Fsp3) is 0.0625. The Bertz CT molecular complexity index is 747. The molecule has 0 aliphatic rings. The molecule has 3 nitrogen and oxygen atoms in total. The van der Waals surface area contributed by atoms with E-state index < -0.39 is 0 Å². The van der Waals surface area contributed by atoms with Gasteiger partial charge in [0.05, 0.1) is 0 Å². The molecule has 0 spiro atoms. The highest BCUT2D eigenvalue weighted by molar-refractivity contribution is 6.08. The number of para-hydroxylation sites is 1. The highest BCUT2D eigenvalue weighted by Crippen LogP contribution is 2.19. The molecule has 1 heterocycles. The summed E-state index contributed by atoms with van der Waals surface area (Å²) in [4.78, 5) is 15.2. The number of hydrogen-bond donors (Lipinski definition) is 1. The van der Waals surface area contributed by atoms with Gasteiger partial charge in [-0.2, -0.15) is 0 Å². The Balaban J connectivity index is 1.75. The zero-order valence-corrected chi connectivity index (χ0v) is 10.6. The normalized spacial score (nSPS) is 10.7. The van der Waals surface area contributed by atoms with Gasteiger partial charge in [0, 0.05) is 22.7 Å². The second kappa shape index (κ2) is 5.17. The molecule has 2 aromatic carbocycles. The minimum absolute atomic E-state index is 0.0759. The van der Waals surface area contributed by atoms with Crippen LogP contribution in [0.2, 0.25) is 0 Å². The molecule has 20 heavy (non-hydrogen) atoms. The molecule has 0 saturated heterocycles. The van der Waals surface area contributed by atoms with Crippen molar-refractivity contribution in [2.75, 3.05) is 6.61 Å². The van der Waals surface area contributed by atoms with Crippen molar-refractivity contribution >= 4 is 16.7 Å². The molecule has 0 saturated carbocycles. The quantitative estimate of drug-likeness (QED) is 0.736. The van der Waals surface area contributed by atoms with Crippen LogP contribution in [0.25, 0.3) is 10.9 Å². The van der Waals surface area contributed by atoms with E-state index in [0.717, 1.165) is 10.9 Å². The predicted molar refractivity (Wildman–Crippen MR) is 74.5 cm³/mol. The Morgan fingerprint density at radius 2 is 1.85 bits per heavy atom. The third kappa shape index (κ3) is 2.40. The van der Waals surface area contributed by atoms with Gasteiger partial charge in [-0.15, -0.1) is 0 Å². The lowest BCUT2D eigenvalue weighted by Crippen LogP contribution is -2.11. The molecule has 0 amide bonds. The molecule has 3 aromatic rings. The van der Waals surface area contributed by atoms with Crippen molar-refractivity contribution in [3.05, 3.63) is 66.1 Å². The summed E-state index contributed by atoms with van der Waals surface area (Å²) in [7, 11) is 0. The first-order chi connectivity index (χ1) is 9.74. The fourth-order valence-corrected chi connectivity index (χ4v) is 2.06. The van der Waals surface area contributed by atoms with Crippen molar-refractivity contribution in [1.82, 2.24) is 4.98 Å². The van der Waals surface area contributed by atoms with Gasteiger partial charge in [-0.3, -0.25) is 4.79 Å². The van der Waals surface area contributed by atoms with Gasteiger partial charge < -0.3 is 9.72 Å². The lowest BCUT2D eigenvalue weighted by Gasteiger charge is -2.04. The Morgan fingerprint density at radius 1 is 1.10 bits per heavy atom. The van der Waals surface area contributed by atoms with E-state index in [1.54, 1.807) is 6.20 Å². The number of carbonyl (C=O) groups is 1. The van der Waals surface area contributed by atoms with Crippen LogP contribution < -0.4 is 4.74 Å². The third-order valence-corrected chi connectivity index (χ3v) is 3.07. The van der Waals surface area contributed by atoms with Crippen LogP contribution in [0.3, 0.4) is 0 Å². The van der Waals surface area contributed by atoms with E-state index in [4.69, 9.17) is 4.74 Å². The summed E-state index contributed by atoms with van der Waals surface area (Å²) in [6.07, 6.45) is 1.68. The number of hydrogen-bond acceptors (Lipinski definition) is 2. The smallest absolute Gasteiger partial charge is 0.202 e. The second-order valence-electron chi connectivity index (χ2n) is 4.41. The monoisotopic (exact) mass is 269 g/mol. The number of Topliss-reactive ketones (excluding diaryl/α,β-unsaturated/α-hetero) is 1. The van der Waals surface area contributed by atoms with E-state index in [9.17, 15) is 9.18 Å². The second-order valence-corrected chi connectivity index (χ2v) is 4.41. The number of aromatic amines is 1. The van der Waals surface area contributed by atoms with Gasteiger partial charge in [-0.05, 0) is 30.3 Å². The molecule has 0 unspecified atom stereocenters. The van der Waals surface area contributed by atoms with E-state index in [1.807, 2.05) is 24.3 Å². The summed E-state index contributed by atoms with van der Waals surface area (Å²) in [5, 5.41) is 0.875. The zero-order chi connectivity index (χ0) is 13.9. The van der Waals surface area contributed by atoms with Gasteiger partial charge in [0.1, 0.15) is 11.6 Å². The van der Waals surface area contributed by atoms with Gasteiger partial charge >= 0.3 is 0 Å². The molecular weight excluding hydrogens is 257 g/mol. The number of rotatable bonds is 4. The van der Waals surface area contributed by atoms with Gasteiger partial charge in [-0.1, -0.05) is 18.2 Å². The average molecular weight is 269 g/mol. The lowest BCUT2D eigenvalue weighted by atomic mass is 10.1. The van der Waals surface area contributed by atoms with Gasteiger partial charge in [0.2, 0.25) is 5.78 Å². The standard InChI is InChI=1S/C16H12FNO2/c17-11-5-7-12(8-6-11)20-10-16(19)14-9-18-15-4-2-1-3-13(14)15/h1-9,18H,10H2. The maximum atomic E-state index is 12.8. The lowest BCUT2D eigenvalue weighted by molar-refractivity contribution is 0.0923. The molecule has 0 radical (unpaired) electrons. The molecular formula is C16H12FNO2. The predicted octanol–water partition coefficient (Wildman–Crippen LogP) is 3.57. The Morgan fingerprint density at radius 3 is 2.65 bits per heavy atom. The largest absolute Gasteiger partial charge is 0.485 e. The Kier molecular flexibility index (Phi) is 3.21. The first kappa shape index (κ1) is 12.4. The van der Waals surface area contributed by atoms with Gasteiger partial charge in [0.25, 0.3) is 0 Å². The number of fused-ring (bicyclic) bond motifs is 1. The number of carbonyl (C=O) groups excluding carboxylic acids is 1. The highest BCUT2D eigenvalue weighted by Gasteiger charge is 2.12. The van der Waals surface area contributed by atoms with Crippen LogP contribution >= 0.6 is 0 Å². The molecule has 0 fully saturated rings. The van der Waals surface area contributed by atoms with E-state index >= 15 is 0 Å².